The molecule has 1 aliphatic rings. The zero-order valence-electron chi connectivity index (χ0n) is 16.4. The van der Waals surface area contributed by atoms with Gasteiger partial charge in [-0.15, -0.1) is 0 Å². The molecule has 1 heterocycles. The highest BCUT2D eigenvalue weighted by atomic mass is 16.7. The number of aliphatic hydroxyl groups is 5. The highest BCUT2D eigenvalue weighted by Gasteiger charge is 2.44. The number of carbonyl (C=O) groups is 1. The maximum absolute atomic E-state index is 11.8. The SMILES string of the molecule is C=C(COC(=O)/C=C/c1ccc(O)c(O)c1)C(O)CO[C@@H]1OC(CO)[C@@H](O)[C@@H](O)C1O. The highest BCUT2D eigenvalue weighted by molar-refractivity contribution is 5.87. The Balaban J connectivity index is 1.78. The summed E-state index contributed by atoms with van der Waals surface area (Å²) >= 11 is 0. The van der Waals surface area contributed by atoms with Crippen molar-refractivity contribution in [3.63, 3.8) is 0 Å². The Morgan fingerprint density at radius 3 is 2.52 bits per heavy atom. The molecule has 1 aromatic carbocycles. The molecule has 0 bridgehead atoms. The van der Waals surface area contributed by atoms with Crippen LogP contribution in [0.1, 0.15) is 5.56 Å². The number of ether oxygens (including phenoxy) is 3. The molecule has 1 fully saturated rings. The number of hydrogen-bond acceptors (Lipinski definition) is 11. The van der Waals surface area contributed by atoms with E-state index in [-0.39, 0.29) is 23.7 Å². The number of rotatable bonds is 9. The molecule has 1 aromatic rings. The molecule has 172 valence electrons. The number of carbonyl (C=O) groups excluding carboxylic acids is 1. The molecule has 31 heavy (non-hydrogen) atoms. The van der Waals surface area contributed by atoms with E-state index in [9.17, 15) is 35.4 Å². The predicted molar refractivity (Wildman–Crippen MR) is 105 cm³/mol. The molecule has 0 saturated carbocycles. The van der Waals surface area contributed by atoms with Gasteiger partial charge in [-0.25, -0.2) is 4.79 Å². The Morgan fingerprint density at radius 1 is 1.16 bits per heavy atom. The highest BCUT2D eigenvalue weighted by Crippen LogP contribution is 2.25. The normalized spacial score (nSPS) is 27.2. The number of phenols is 2. The average molecular weight is 442 g/mol. The van der Waals surface area contributed by atoms with E-state index in [2.05, 4.69) is 6.58 Å². The van der Waals surface area contributed by atoms with Gasteiger partial charge in [0, 0.05) is 6.08 Å². The first-order valence-corrected chi connectivity index (χ1v) is 9.28. The first-order valence-electron chi connectivity index (χ1n) is 9.28. The van der Waals surface area contributed by atoms with Crippen LogP contribution in [0.4, 0.5) is 0 Å². The van der Waals surface area contributed by atoms with Crippen LogP contribution in [0.5, 0.6) is 11.5 Å². The summed E-state index contributed by atoms with van der Waals surface area (Å²) in [6, 6.07) is 3.98. The molecule has 7 N–H and O–H groups in total. The van der Waals surface area contributed by atoms with Gasteiger partial charge in [-0.2, -0.15) is 0 Å². The van der Waals surface area contributed by atoms with Gasteiger partial charge in [0.1, 0.15) is 37.1 Å². The van der Waals surface area contributed by atoms with Crippen LogP contribution in [0.3, 0.4) is 0 Å². The first kappa shape index (κ1) is 24.8. The summed E-state index contributed by atoms with van der Waals surface area (Å²) < 4.78 is 15.3. The summed E-state index contributed by atoms with van der Waals surface area (Å²) in [5.74, 6) is -1.39. The Morgan fingerprint density at radius 2 is 1.87 bits per heavy atom. The van der Waals surface area contributed by atoms with Crippen LogP contribution >= 0.6 is 0 Å². The van der Waals surface area contributed by atoms with Gasteiger partial charge >= 0.3 is 5.97 Å². The Kier molecular flexibility index (Phi) is 8.95. The van der Waals surface area contributed by atoms with Crippen molar-refractivity contribution in [1.82, 2.24) is 0 Å². The van der Waals surface area contributed by atoms with Crippen molar-refractivity contribution in [2.24, 2.45) is 0 Å². The number of esters is 1. The maximum atomic E-state index is 11.8. The predicted octanol–water partition coefficient (Wildman–Crippen LogP) is -1.61. The number of benzene rings is 1. The molecule has 1 aliphatic heterocycles. The molecule has 6 atom stereocenters. The number of aromatic hydroxyl groups is 2. The molecular formula is C20H26O11. The van der Waals surface area contributed by atoms with Crippen molar-refractivity contribution < 1.29 is 54.8 Å². The second kappa shape index (κ2) is 11.2. The van der Waals surface area contributed by atoms with E-state index in [0.717, 1.165) is 6.08 Å². The smallest absolute Gasteiger partial charge is 0.331 e. The number of aliphatic hydroxyl groups excluding tert-OH is 5. The fourth-order valence-electron chi connectivity index (χ4n) is 2.63. The minimum Gasteiger partial charge on any atom is -0.504 e. The van der Waals surface area contributed by atoms with Gasteiger partial charge in [0.25, 0.3) is 0 Å². The van der Waals surface area contributed by atoms with Crippen molar-refractivity contribution in [2.45, 2.75) is 36.8 Å². The summed E-state index contributed by atoms with van der Waals surface area (Å²) in [7, 11) is 0. The van der Waals surface area contributed by atoms with Gasteiger partial charge < -0.3 is 50.0 Å². The van der Waals surface area contributed by atoms with Crippen LogP contribution in [0, 0.1) is 0 Å². The van der Waals surface area contributed by atoms with Crippen LogP contribution in [-0.4, -0.2) is 98.3 Å². The monoisotopic (exact) mass is 442 g/mol. The van der Waals surface area contributed by atoms with E-state index in [1.165, 1.54) is 24.3 Å². The van der Waals surface area contributed by atoms with Crippen molar-refractivity contribution in [2.75, 3.05) is 19.8 Å². The van der Waals surface area contributed by atoms with Crippen LogP contribution in [0.15, 0.2) is 36.4 Å². The Bertz CT molecular complexity index is 791. The largest absolute Gasteiger partial charge is 0.504 e. The first-order chi connectivity index (χ1) is 14.6. The van der Waals surface area contributed by atoms with E-state index in [1.54, 1.807) is 0 Å². The van der Waals surface area contributed by atoms with Gasteiger partial charge in [-0.3, -0.25) is 0 Å². The molecule has 0 spiro atoms. The quantitative estimate of drug-likeness (QED) is 0.101. The molecule has 0 aliphatic carbocycles. The summed E-state index contributed by atoms with van der Waals surface area (Å²) in [4.78, 5) is 11.8. The van der Waals surface area contributed by atoms with Gasteiger partial charge in [0.15, 0.2) is 17.8 Å². The van der Waals surface area contributed by atoms with Crippen molar-refractivity contribution in [1.29, 1.82) is 0 Å². The van der Waals surface area contributed by atoms with E-state index >= 15 is 0 Å². The van der Waals surface area contributed by atoms with Gasteiger partial charge in [0.05, 0.1) is 13.2 Å². The summed E-state index contributed by atoms with van der Waals surface area (Å²) in [5, 5.41) is 67.2. The second-order valence-electron chi connectivity index (χ2n) is 6.89. The lowest BCUT2D eigenvalue weighted by atomic mass is 9.99. The van der Waals surface area contributed by atoms with Gasteiger partial charge in [-0.1, -0.05) is 12.6 Å². The molecular weight excluding hydrogens is 416 g/mol. The summed E-state index contributed by atoms with van der Waals surface area (Å²) in [6.07, 6.45) is -6.19. The minimum atomic E-state index is -1.61. The molecule has 3 unspecified atom stereocenters. The minimum absolute atomic E-state index is 0.0774. The number of phenolic OH excluding ortho intramolecular Hbond substituents is 2. The van der Waals surface area contributed by atoms with Crippen molar-refractivity contribution >= 4 is 12.0 Å². The molecule has 1 saturated heterocycles. The zero-order valence-corrected chi connectivity index (χ0v) is 16.4. The Hall–Kier alpha value is -2.51. The van der Waals surface area contributed by atoms with Gasteiger partial charge in [0.2, 0.25) is 0 Å². The molecule has 11 heteroatoms. The third-order valence-electron chi connectivity index (χ3n) is 4.55. The second-order valence-corrected chi connectivity index (χ2v) is 6.89. The molecule has 2 rings (SSSR count). The van der Waals surface area contributed by atoms with E-state index in [1.807, 2.05) is 0 Å². The number of hydrogen-bond donors (Lipinski definition) is 7. The van der Waals surface area contributed by atoms with Crippen LogP contribution in [0.25, 0.3) is 6.08 Å². The third-order valence-corrected chi connectivity index (χ3v) is 4.55. The lowest BCUT2D eigenvalue weighted by Gasteiger charge is -2.39. The standard InChI is InChI=1S/C20H26O11/c1-10(8-29-16(25)5-3-11-2-4-12(22)13(23)6-11)14(24)9-30-20-19(28)18(27)17(26)15(7-21)31-20/h2-6,14-15,17-24,26-28H,1,7-9H2/b5-3+/t14?,15?,17-,18-,19?,20-/m1/s1. The Labute approximate surface area is 177 Å². The average Bonchev–Trinajstić information content (AvgIpc) is 2.75. The summed E-state index contributed by atoms with van der Waals surface area (Å²) in [5.41, 5.74) is 0.521. The molecule has 0 radical (unpaired) electrons. The lowest BCUT2D eigenvalue weighted by Crippen LogP contribution is -2.59. The lowest BCUT2D eigenvalue weighted by molar-refractivity contribution is -0.303. The third kappa shape index (κ3) is 6.74. The van der Waals surface area contributed by atoms with E-state index in [4.69, 9.17) is 19.3 Å². The summed E-state index contributed by atoms with van der Waals surface area (Å²) in [6.45, 7) is 2.19. The topological polar surface area (TPSA) is 186 Å². The fourth-order valence-corrected chi connectivity index (χ4v) is 2.63. The fraction of sp³-hybridized carbons (Fsp3) is 0.450. The van der Waals surface area contributed by atoms with Crippen LogP contribution < -0.4 is 0 Å². The molecule has 0 aromatic heterocycles. The molecule has 0 amide bonds. The van der Waals surface area contributed by atoms with Crippen LogP contribution in [-0.2, 0) is 19.0 Å². The van der Waals surface area contributed by atoms with Crippen molar-refractivity contribution in [3.8, 4) is 11.5 Å². The molecule has 11 nitrogen and oxygen atoms in total. The van der Waals surface area contributed by atoms with Crippen LogP contribution in [0.2, 0.25) is 0 Å². The zero-order chi connectivity index (χ0) is 23.1. The van der Waals surface area contributed by atoms with E-state index < -0.39 is 56.0 Å². The maximum Gasteiger partial charge on any atom is 0.331 e. The van der Waals surface area contributed by atoms with Crippen molar-refractivity contribution in [3.05, 3.63) is 42.0 Å². The van der Waals surface area contributed by atoms with E-state index in [0.29, 0.717) is 5.56 Å². The van der Waals surface area contributed by atoms with Gasteiger partial charge in [-0.05, 0) is 29.3 Å².